The molecule has 0 spiro atoms. The number of benzene rings is 2. The van der Waals surface area contributed by atoms with Crippen LogP contribution in [0.5, 0.6) is 11.5 Å². The lowest BCUT2D eigenvalue weighted by Gasteiger charge is -2.27. The number of rotatable bonds is 6. The van der Waals surface area contributed by atoms with Crippen LogP contribution in [0.1, 0.15) is 26.3 Å². The molecule has 0 aliphatic carbocycles. The first-order valence-electron chi connectivity index (χ1n) is 10.1. The zero-order valence-electron chi connectivity index (χ0n) is 18.0. The number of carbonyl (C=O) groups is 2. The minimum Gasteiger partial charge on any atom is -0.497 e. The van der Waals surface area contributed by atoms with Gasteiger partial charge in [-0.15, -0.1) is 0 Å². The molecule has 0 unspecified atom stereocenters. The highest BCUT2D eigenvalue weighted by molar-refractivity contribution is 6.00. The van der Waals surface area contributed by atoms with Crippen LogP contribution in [0.3, 0.4) is 0 Å². The number of ether oxygens (including phenoxy) is 2. The minimum atomic E-state index is -0.610. The van der Waals surface area contributed by atoms with E-state index in [2.05, 4.69) is 10.6 Å². The van der Waals surface area contributed by atoms with E-state index in [1.54, 1.807) is 30.2 Å². The summed E-state index contributed by atoms with van der Waals surface area (Å²) in [6, 6.07) is 12.8. The van der Waals surface area contributed by atoms with Crippen LogP contribution in [0, 0.1) is 5.41 Å². The van der Waals surface area contributed by atoms with Gasteiger partial charge < -0.3 is 25.0 Å². The highest BCUT2D eigenvalue weighted by Gasteiger charge is 2.37. The average molecular weight is 412 g/mol. The number of carbonyl (C=O) groups excluding carboxylic acids is 2. The van der Waals surface area contributed by atoms with E-state index in [0.717, 1.165) is 11.3 Å². The SMILES string of the molecule is CCN1C(=O)C(C)(C)COc2ccc(NC(=O)NCCc3ccc(OC)cc3)cc21. The van der Waals surface area contributed by atoms with Crippen LogP contribution in [0.15, 0.2) is 42.5 Å². The van der Waals surface area contributed by atoms with Gasteiger partial charge in [0.05, 0.1) is 18.2 Å². The van der Waals surface area contributed by atoms with Gasteiger partial charge in [-0.2, -0.15) is 0 Å². The number of methoxy groups -OCH3 is 1. The Morgan fingerprint density at radius 3 is 2.60 bits per heavy atom. The monoisotopic (exact) mass is 411 g/mol. The van der Waals surface area contributed by atoms with Crippen LogP contribution >= 0.6 is 0 Å². The van der Waals surface area contributed by atoms with Crippen molar-refractivity contribution in [1.82, 2.24) is 5.32 Å². The van der Waals surface area contributed by atoms with Crippen LogP contribution in [-0.4, -0.2) is 38.7 Å². The van der Waals surface area contributed by atoms with Crippen molar-refractivity contribution >= 4 is 23.3 Å². The molecule has 3 rings (SSSR count). The molecule has 2 aromatic rings. The smallest absolute Gasteiger partial charge is 0.319 e. The summed E-state index contributed by atoms with van der Waals surface area (Å²) in [6.45, 7) is 7.01. The molecule has 0 atom stereocenters. The molecule has 0 fully saturated rings. The lowest BCUT2D eigenvalue weighted by molar-refractivity contribution is -0.127. The van der Waals surface area contributed by atoms with Gasteiger partial charge in [0.1, 0.15) is 18.1 Å². The minimum absolute atomic E-state index is 0.00448. The number of hydrogen-bond donors (Lipinski definition) is 2. The van der Waals surface area contributed by atoms with Crippen LogP contribution in [0.2, 0.25) is 0 Å². The number of amides is 3. The third-order valence-electron chi connectivity index (χ3n) is 5.09. The molecule has 2 aromatic carbocycles. The van der Waals surface area contributed by atoms with Crippen molar-refractivity contribution < 1.29 is 19.1 Å². The molecule has 0 bridgehead atoms. The molecule has 2 N–H and O–H groups in total. The molecule has 7 nitrogen and oxygen atoms in total. The Hall–Kier alpha value is -3.22. The van der Waals surface area contributed by atoms with Gasteiger partial charge in [0.25, 0.3) is 0 Å². The van der Waals surface area contributed by atoms with Gasteiger partial charge in [-0.05, 0) is 63.1 Å². The number of anilines is 2. The van der Waals surface area contributed by atoms with Gasteiger partial charge in [-0.25, -0.2) is 4.79 Å². The molecular weight excluding hydrogens is 382 g/mol. The molecule has 1 heterocycles. The molecule has 0 saturated heterocycles. The molecule has 0 radical (unpaired) electrons. The van der Waals surface area contributed by atoms with Crippen LogP contribution in [0.4, 0.5) is 16.2 Å². The van der Waals surface area contributed by atoms with E-state index in [4.69, 9.17) is 9.47 Å². The third-order valence-corrected chi connectivity index (χ3v) is 5.09. The first-order chi connectivity index (χ1) is 14.3. The van der Waals surface area contributed by atoms with E-state index in [1.165, 1.54) is 0 Å². The summed E-state index contributed by atoms with van der Waals surface area (Å²) in [6.07, 6.45) is 0.711. The summed E-state index contributed by atoms with van der Waals surface area (Å²) in [4.78, 5) is 26.9. The zero-order valence-corrected chi connectivity index (χ0v) is 18.0. The van der Waals surface area contributed by atoms with E-state index < -0.39 is 5.41 Å². The number of fused-ring (bicyclic) bond motifs is 1. The van der Waals surface area contributed by atoms with E-state index in [9.17, 15) is 9.59 Å². The van der Waals surface area contributed by atoms with Crippen LogP contribution < -0.4 is 25.0 Å². The Bertz CT molecular complexity index is 909. The maximum absolute atomic E-state index is 12.8. The Kier molecular flexibility index (Phi) is 6.50. The number of nitrogens with zero attached hydrogens (tertiary/aromatic N) is 1. The predicted octanol–water partition coefficient (Wildman–Crippen LogP) is 3.83. The second kappa shape index (κ2) is 9.07. The Balaban J connectivity index is 1.62. The maximum atomic E-state index is 12.8. The summed E-state index contributed by atoms with van der Waals surface area (Å²) < 4.78 is 11.0. The molecule has 1 aliphatic heterocycles. The first kappa shape index (κ1) is 21.5. The summed E-state index contributed by atoms with van der Waals surface area (Å²) in [5.74, 6) is 1.45. The molecular formula is C23H29N3O4. The number of urea groups is 1. The predicted molar refractivity (Wildman–Crippen MR) is 117 cm³/mol. The largest absolute Gasteiger partial charge is 0.497 e. The van der Waals surface area contributed by atoms with Crippen molar-refractivity contribution in [3.8, 4) is 11.5 Å². The fourth-order valence-electron chi connectivity index (χ4n) is 3.32. The van der Waals surface area contributed by atoms with E-state index in [-0.39, 0.29) is 11.9 Å². The van der Waals surface area contributed by atoms with E-state index in [1.807, 2.05) is 45.0 Å². The summed E-state index contributed by atoms with van der Waals surface area (Å²) in [5, 5.41) is 5.69. The molecule has 1 aliphatic rings. The second-order valence-electron chi connectivity index (χ2n) is 7.88. The van der Waals surface area contributed by atoms with Gasteiger partial charge in [0.2, 0.25) is 5.91 Å². The molecule has 0 saturated carbocycles. The number of hydrogen-bond acceptors (Lipinski definition) is 4. The average Bonchev–Trinajstić information content (AvgIpc) is 2.82. The fraction of sp³-hybridized carbons (Fsp3) is 0.391. The Morgan fingerprint density at radius 1 is 1.20 bits per heavy atom. The van der Waals surface area contributed by atoms with Gasteiger partial charge in [-0.1, -0.05) is 12.1 Å². The summed E-state index contributed by atoms with van der Waals surface area (Å²) in [7, 11) is 1.63. The molecule has 30 heavy (non-hydrogen) atoms. The molecule has 3 amide bonds. The standard InChI is InChI=1S/C23H29N3O4/c1-5-26-19-14-17(8-11-20(19)30-15-23(2,3)21(26)27)25-22(28)24-13-12-16-6-9-18(29-4)10-7-16/h6-11,14H,5,12-13,15H2,1-4H3,(H2,24,25,28). The van der Waals surface area contributed by atoms with Crippen LogP contribution in [0.25, 0.3) is 0 Å². The fourth-order valence-corrected chi connectivity index (χ4v) is 3.32. The molecule has 160 valence electrons. The lowest BCUT2D eigenvalue weighted by atomic mass is 9.93. The topological polar surface area (TPSA) is 79.9 Å². The first-order valence-corrected chi connectivity index (χ1v) is 10.1. The second-order valence-corrected chi connectivity index (χ2v) is 7.88. The van der Waals surface area contributed by atoms with Crippen molar-refractivity contribution in [3.63, 3.8) is 0 Å². The van der Waals surface area contributed by atoms with Crippen molar-refractivity contribution in [2.45, 2.75) is 27.2 Å². The molecule has 0 aromatic heterocycles. The zero-order chi connectivity index (χ0) is 21.7. The van der Waals surface area contributed by atoms with Crippen LogP contribution in [-0.2, 0) is 11.2 Å². The summed E-state index contributed by atoms with van der Waals surface area (Å²) >= 11 is 0. The van der Waals surface area contributed by atoms with E-state index in [0.29, 0.717) is 43.2 Å². The lowest BCUT2D eigenvalue weighted by Crippen LogP contribution is -2.42. The van der Waals surface area contributed by atoms with Gasteiger partial charge in [0, 0.05) is 18.8 Å². The Morgan fingerprint density at radius 2 is 1.93 bits per heavy atom. The van der Waals surface area contributed by atoms with Crippen molar-refractivity contribution in [2.24, 2.45) is 5.41 Å². The normalized spacial score (nSPS) is 14.9. The highest BCUT2D eigenvalue weighted by atomic mass is 16.5. The number of nitrogens with one attached hydrogen (secondary N) is 2. The highest BCUT2D eigenvalue weighted by Crippen LogP contribution is 2.38. The summed E-state index contributed by atoms with van der Waals surface area (Å²) in [5.41, 5.74) is 1.77. The van der Waals surface area contributed by atoms with Crippen molar-refractivity contribution in [2.75, 3.05) is 37.0 Å². The van der Waals surface area contributed by atoms with Gasteiger partial charge in [-0.3, -0.25) is 4.79 Å². The third kappa shape index (κ3) is 4.84. The van der Waals surface area contributed by atoms with Gasteiger partial charge >= 0.3 is 6.03 Å². The quantitative estimate of drug-likeness (QED) is 0.757. The van der Waals surface area contributed by atoms with Crippen molar-refractivity contribution in [1.29, 1.82) is 0 Å². The van der Waals surface area contributed by atoms with Gasteiger partial charge in [0.15, 0.2) is 0 Å². The molecule has 7 heteroatoms. The Labute approximate surface area is 177 Å². The van der Waals surface area contributed by atoms with Crippen molar-refractivity contribution in [3.05, 3.63) is 48.0 Å². The maximum Gasteiger partial charge on any atom is 0.319 e. The van der Waals surface area contributed by atoms with E-state index >= 15 is 0 Å².